The van der Waals surface area contributed by atoms with Crippen LogP contribution in [0.25, 0.3) is 11.1 Å². The van der Waals surface area contributed by atoms with Gasteiger partial charge in [0.05, 0.1) is 37.0 Å². The predicted octanol–water partition coefficient (Wildman–Crippen LogP) is 8.81. The molecule has 9 N–H and O–H groups in total. The maximum absolute atomic E-state index is 13.9. The van der Waals surface area contributed by atoms with Crippen LogP contribution in [0.15, 0.2) is 109 Å². The average molecular weight is 1200 g/mol. The molecule has 10 atom stereocenters. The second-order valence-corrected chi connectivity index (χ2v) is 24.4. The summed E-state index contributed by atoms with van der Waals surface area (Å²) in [5.74, 6) is -1.73. The average Bonchev–Trinajstić information content (AvgIpc) is 1.81. The number of benzene rings is 3. The highest BCUT2D eigenvalue weighted by molar-refractivity contribution is 5.97. The number of epoxide rings is 1. The van der Waals surface area contributed by atoms with Crippen molar-refractivity contribution in [3.63, 3.8) is 0 Å². The first-order valence-corrected chi connectivity index (χ1v) is 30.9. The molecule has 0 aromatic heterocycles. The number of aliphatic hydroxyl groups is 1. The second kappa shape index (κ2) is 32.5. The number of Topliss-reactive ketones (excluding diaryl/α,β-unsaturated/α-hetero) is 1. The summed E-state index contributed by atoms with van der Waals surface area (Å²) < 4.78 is 29.5. The van der Waals surface area contributed by atoms with Crippen LogP contribution in [0.3, 0.4) is 0 Å². The van der Waals surface area contributed by atoms with Crippen molar-refractivity contribution in [2.24, 2.45) is 29.4 Å². The third kappa shape index (κ3) is 20.3. The first-order chi connectivity index (χ1) is 41.7. The van der Waals surface area contributed by atoms with Crippen LogP contribution in [0.1, 0.15) is 135 Å². The van der Waals surface area contributed by atoms with E-state index < -0.39 is 60.0 Å². The molecule has 3 aromatic carbocycles. The van der Waals surface area contributed by atoms with Gasteiger partial charge in [-0.1, -0.05) is 132 Å². The fraction of sp³-hybridized carbons (Fsp3) is 0.537. The first kappa shape index (κ1) is 67.1. The van der Waals surface area contributed by atoms with E-state index in [1.54, 1.807) is 30.3 Å². The van der Waals surface area contributed by atoms with Gasteiger partial charge in [-0.25, -0.2) is 14.4 Å². The van der Waals surface area contributed by atoms with Gasteiger partial charge in [0, 0.05) is 56.4 Å². The number of anilines is 1. The van der Waals surface area contributed by atoms with Gasteiger partial charge in [0.25, 0.3) is 0 Å². The van der Waals surface area contributed by atoms with E-state index in [-0.39, 0.29) is 105 Å². The molecule has 7 amide bonds. The molecule has 4 aliphatic rings. The molecule has 3 fully saturated rings. The molecule has 0 bridgehead atoms. The smallest absolute Gasteiger partial charge is 0.407 e. The van der Waals surface area contributed by atoms with Gasteiger partial charge in [-0.05, 0) is 116 Å². The number of primary amides is 1. The first-order valence-electron chi connectivity index (χ1n) is 30.9. The van der Waals surface area contributed by atoms with Gasteiger partial charge >= 0.3 is 18.2 Å². The lowest BCUT2D eigenvalue weighted by Crippen LogP contribution is -2.52. The van der Waals surface area contributed by atoms with E-state index in [1.165, 1.54) is 0 Å². The topological polar surface area (TPSA) is 287 Å². The molecule has 3 saturated heterocycles. The summed E-state index contributed by atoms with van der Waals surface area (Å²) in [5, 5.41) is 28.2. The van der Waals surface area contributed by atoms with Gasteiger partial charge in [-0.15, -0.1) is 0 Å². The van der Waals surface area contributed by atoms with Crippen LogP contribution < -0.4 is 37.6 Å². The zero-order chi connectivity index (χ0) is 62.6. The van der Waals surface area contributed by atoms with Crippen LogP contribution >= 0.6 is 0 Å². The Morgan fingerprint density at radius 3 is 2.16 bits per heavy atom. The molecule has 0 unspecified atom stereocenters. The lowest BCUT2D eigenvalue weighted by molar-refractivity contribution is -0.131. The quantitative estimate of drug-likeness (QED) is 0.0134. The normalized spacial score (nSPS) is 23.1. The summed E-state index contributed by atoms with van der Waals surface area (Å²) in [5.41, 5.74) is 11.1. The van der Waals surface area contributed by atoms with Crippen molar-refractivity contribution in [1.82, 2.24) is 26.6 Å². The number of aliphatic hydroxyl groups excluding tert-OH is 1. The van der Waals surface area contributed by atoms with E-state index in [1.807, 2.05) is 84.0 Å². The predicted molar refractivity (Wildman–Crippen MR) is 331 cm³/mol. The summed E-state index contributed by atoms with van der Waals surface area (Å²) in [6, 6.07) is 21.4. The highest BCUT2D eigenvalue weighted by atomic mass is 16.6. The molecule has 3 aromatic rings. The largest absolute Gasteiger partial charge is 0.449 e. The van der Waals surface area contributed by atoms with Crippen molar-refractivity contribution < 1.29 is 62.4 Å². The maximum atomic E-state index is 13.9. The van der Waals surface area contributed by atoms with Crippen LogP contribution in [0.4, 0.5) is 20.1 Å². The molecule has 20 nitrogen and oxygen atoms in total. The van der Waals surface area contributed by atoms with Crippen LogP contribution in [0, 0.1) is 23.7 Å². The molecule has 20 heteroatoms. The molecule has 1 aliphatic carbocycles. The number of amides is 7. The van der Waals surface area contributed by atoms with Crippen LogP contribution in [0.5, 0.6) is 0 Å². The Labute approximate surface area is 511 Å². The monoisotopic (exact) mass is 1200 g/mol. The third-order valence-electron chi connectivity index (χ3n) is 16.6. The van der Waals surface area contributed by atoms with Crippen molar-refractivity contribution in [3.8, 4) is 11.1 Å². The Hall–Kier alpha value is -7.39. The minimum atomic E-state index is -0.894. The number of hydrogen-bond acceptors (Lipinski definition) is 13. The Kier molecular flexibility index (Phi) is 25.1. The minimum absolute atomic E-state index is 0.0169. The summed E-state index contributed by atoms with van der Waals surface area (Å²) in [4.78, 5) is 90.3. The SMILES string of the molecule is CC(/C=C/[C@H]1O[C@H](CNC(=O)OCc2ccc(NC(=O)[C@H](CCCNC(N)=O)CC(=O)[C@@H](NC(=O)CCCCCNC(=O)OCC3c4ccccc4-c4ccccc43)C(C)C)cc2)C[C@@]2(CO2)[C@@H]1O)=C\C[C@@H]1O[C@H](C)[C@H](NC(=O)/C=C\C(C)C)C[C@@H]1C. The number of alkyl carbamates (subject to hydrolysis) is 2. The number of urea groups is 1. The molecule has 3 heterocycles. The Morgan fingerprint density at radius 2 is 1.49 bits per heavy atom. The number of rotatable bonds is 30. The molecule has 1 spiro atoms. The lowest BCUT2D eigenvalue weighted by atomic mass is 9.87. The number of allylic oxidation sites excluding steroid dienone is 3. The highest BCUT2D eigenvalue weighted by Crippen LogP contribution is 2.45. The van der Waals surface area contributed by atoms with E-state index in [2.05, 4.69) is 69.2 Å². The number of ether oxygens (including phenoxy) is 5. The van der Waals surface area contributed by atoms with Crippen LogP contribution in [-0.2, 0) is 49.5 Å². The van der Waals surface area contributed by atoms with E-state index in [0.29, 0.717) is 62.9 Å². The number of nitrogens with one attached hydrogen (secondary N) is 6. The number of fused-ring (bicyclic) bond motifs is 3. The molecule has 472 valence electrons. The summed E-state index contributed by atoms with van der Waals surface area (Å²) in [6.07, 6.45) is 10.2. The van der Waals surface area contributed by atoms with Crippen molar-refractivity contribution in [2.45, 2.75) is 173 Å². The van der Waals surface area contributed by atoms with Gasteiger partial charge in [0.15, 0.2) is 5.78 Å². The number of nitrogens with two attached hydrogens (primary N) is 1. The van der Waals surface area contributed by atoms with Crippen molar-refractivity contribution in [1.29, 1.82) is 0 Å². The van der Waals surface area contributed by atoms with Gasteiger partial charge in [-0.2, -0.15) is 0 Å². The molecular weight excluding hydrogens is 1110 g/mol. The van der Waals surface area contributed by atoms with E-state index in [4.69, 9.17) is 29.4 Å². The van der Waals surface area contributed by atoms with Gasteiger partial charge in [0.1, 0.15) is 31.0 Å². The minimum Gasteiger partial charge on any atom is -0.449 e. The third-order valence-corrected chi connectivity index (χ3v) is 16.6. The Morgan fingerprint density at radius 1 is 0.816 bits per heavy atom. The zero-order valence-corrected chi connectivity index (χ0v) is 51.5. The fourth-order valence-corrected chi connectivity index (χ4v) is 11.5. The highest BCUT2D eigenvalue weighted by Gasteiger charge is 2.58. The Bertz CT molecular complexity index is 2880. The van der Waals surface area contributed by atoms with Crippen molar-refractivity contribution >= 4 is 47.4 Å². The van der Waals surface area contributed by atoms with Gasteiger partial charge in [-0.3, -0.25) is 19.2 Å². The molecule has 0 radical (unpaired) electrons. The number of unbranched alkanes of at least 4 members (excludes halogenated alkanes) is 2. The molecule has 0 saturated carbocycles. The van der Waals surface area contributed by atoms with Crippen LogP contribution in [-0.4, -0.2) is 128 Å². The van der Waals surface area contributed by atoms with E-state index >= 15 is 0 Å². The van der Waals surface area contributed by atoms with Crippen molar-refractivity contribution in [3.05, 3.63) is 125 Å². The summed E-state index contributed by atoms with van der Waals surface area (Å²) in [6.45, 7) is 15.0. The number of hydrogen-bond donors (Lipinski definition) is 8. The lowest BCUT2D eigenvalue weighted by Gasteiger charge is -2.39. The van der Waals surface area contributed by atoms with Gasteiger partial charge in [0.2, 0.25) is 17.7 Å². The molecular formula is C67H91N7O13. The number of carbonyl (C=O) groups excluding carboxylic acids is 7. The van der Waals surface area contributed by atoms with E-state index in [9.17, 15) is 38.7 Å². The number of carbonyl (C=O) groups is 7. The fourth-order valence-electron chi connectivity index (χ4n) is 11.5. The second-order valence-electron chi connectivity index (χ2n) is 24.4. The summed E-state index contributed by atoms with van der Waals surface area (Å²) >= 11 is 0. The van der Waals surface area contributed by atoms with Gasteiger partial charge < -0.3 is 66.4 Å². The van der Waals surface area contributed by atoms with Crippen molar-refractivity contribution in [2.75, 3.05) is 38.2 Å². The van der Waals surface area contributed by atoms with Crippen LogP contribution in [0.2, 0.25) is 0 Å². The molecule has 87 heavy (non-hydrogen) atoms. The number of ketones is 1. The standard InChI is InChI=1S/C67H91N7O13/c1-41(2)22-31-60(77)73-55-34-44(6)57(86-45(55)7)29-23-43(5)24-30-58-62(78)67(40-85-67)36-49(87-58)37-71-66(82)83-38-46-25-27-48(28-26-46)72-63(79)47(16-15-33-69-64(68)80)35-56(75)61(42(3)4)74-59(76)21-9-8-14-32-70-65(81)84-39-54-52-19-12-10-17-50(52)51-18-11-13-20-53(51)54/h10-13,17-20,22-28,30-31,41-42,44-45,47,49,54-55,57-58,61-62,78H,8-9,14-16,21,29,32-40H2,1-7H3,(H,70,81)(H,71,82)(H,72,79)(H,73,77)(H,74,76)(H3,68,69,80)/b30-24+,31-22-,43-23+/t44-,45+,47+,49-,55+,57-,58+,61-,62+,67+/m0/s1. The summed E-state index contributed by atoms with van der Waals surface area (Å²) in [7, 11) is 0. The molecule has 7 rings (SSSR count). The van der Waals surface area contributed by atoms with E-state index in [0.717, 1.165) is 34.2 Å². The maximum Gasteiger partial charge on any atom is 0.407 e. The Balaban J connectivity index is 0.806. The molecule has 3 aliphatic heterocycles. The zero-order valence-electron chi connectivity index (χ0n) is 51.5.